The number of rotatable bonds is 27. The van der Waals surface area contributed by atoms with E-state index in [2.05, 4.69) is 6.92 Å². The van der Waals surface area contributed by atoms with Crippen LogP contribution < -0.4 is 0 Å². The van der Waals surface area contributed by atoms with E-state index < -0.39 is 6.29 Å². The summed E-state index contributed by atoms with van der Waals surface area (Å²) in [7, 11) is 0. The van der Waals surface area contributed by atoms with Crippen LogP contribution in [0.2, 0.25) is 0 Å². The van der Waals surface area contributed by atoms with Crippen molar-refractivity contribution in [3.8, 4) is 0 Å². The fraction of sp³-hybridized carbons (Fsp3) is 1.00. The number of nitrogens with zero attached hydrogens (tertiary/aromatic N) is 1. The molecule has 4 heteroatoms. The first-order valence-corrected chi connectivity index (χ1v) is 14.4. The van der Waals surface area contributed by atoms with E-state index in [9.17, 15) is 5.21 Å². The van der Waals surface area contributed by atoms with E-state index in [0.29, 0.717) is 6.54 Å². The van der Waals surface area contributed by atoms with E-state index in [1.165, 1.54) is 141 Å². The molecule has 4 nitrogen and oxygen atoms in total. The number of unbranched alkanes of at least 4 members (excludes halogenated alkanes) is 23. The van der Waals surface area contributed by atoms with Crippen molar-refractivity contribution in [3.05, 3.63) is 5.21 Å². The normalized spacial score (nSPS) is 11.8. The highest BCUT2D eigenvalue weighted by Crippen LogP contribution is 2.15. The molecule has 0 rings (SSSR count). The summed E-state index contributed by atoms with van der Waals surface area (Å²) in [5.74, 6) is 0. The van der Waals surface area contributed by atoms with Gasteiger partial charge in [0.25, 0.3) is 0 Å². The second kappa shape index (κ2) is 27.1. The standard InChI is InChI=1S/C28H58NO3/c1-2-3-4-5-6-7-8-9-10-11-12-13-14-15-16-17-18-19-20-21-22-23-24-25-26-29(32)27-28(30)31/h28,30-31H,2-27H2,1H3/q-1. The van der Waals surface area contributed by atoms with E-state index in [0.717, 1.165) is 17.9 Å². The average molecular weight is 457 g/mol. The van der Waals surface area contributed by atoms with Crippen molar-refractivity contribution in [2.75, 3.05) is 13.1 Å². The van der Waals surface area contributed by atoms with Crippen LogP contribution in [0.25, 0.3) is 0 Å². The lowest BCUT2D eigenvalue weighted by Gasteiger charge is -2.28. The third-order valence-electron chi connectivity index (χ3n) is 6.63. The van der Waals surface area contributed by atoms with Crippen molar-refractivity contribution in [3.63, 3.8) is 0 Å². The fourth-order valence-corrected chi connectivity index (χ4v) is 4.52. The molecular formula is C28H58NO3-. The lowest BCUT2D eigenvalue weighted by Crippen LogP contribution is -2.28. The molecular weight excluding hydrogens is 398 g/mol. The third kappa shape index (κ3) is 27.9. The molecule has 0 spiro atoms. The molecule has 0 aliphatic carbocycles. The van der Waals surface area contributed by atoms with Crippen LogP contribution in [-0.2, 0) is 0 Å². The van der Waals surface area contributed by atoms with Gasteiger partial charge in [0.05, 0.1) is 0 Å². The Labute approximate surface area is 201 Å². The predicted octanol–water partition coefficient (Wildman–Crippen LogP) is 8.48. The Morgan fingerprint density at radius 2 is 0.719 bits per heavy atom. The molecule has 0 heterocycles. The predicted molar refractivity (Wildman–Crippen MR) is 140 cm³/mol. The second-order valence-corrected chi connectivity index (χ2v) is 10.0. The van der Waals surface area contributed by atoms with Crippen LogP contribution in [0.3, 0.4) is 0 Å². The molecule has 0 bridgehead atoms. The van der Waals surface area contributed by atoms with Gasteiger partial charge in [-0.05, 0) is 13.0 Å². The van der Waals surface area contributed by atoms with Gasteiger partial charge in [0.15, 0.2) is 6.29 Å². The summed E-state index contributed by atoms with van der Waals surface area (Å²) in [4.78, 5) is 0. The first-order chi connectivity index (χ1) is 15.7. The summed E-state index contributed by atoms with van der Waals surface area (Å²) in [6, 6.07) is 0. The van der Waals surface area contributed by atoms with Crippen LogP contribution in [0.5, 0.6) is 0 Å². The van der Waals surface area contributed by atoms with Crippen LogP contribution in [0, 0.1) is 5.21 Å². The molecule has 2 N–H and O–H groups in total. The van der Waals surface area contributed by atoms with Crippen molar-refractivity contribution in [1.82, 2.24) is 5.06 Å². The van der Waals surface area contributed by atoms with E-state index in [4.69, 9.17) is 10.2 Å². The maximum absolute atomic E-state index is 11.3. The molecule has 0 fully saturated rings. The second-order valence-electron chi connectivity index (χ2n) is 10.0. The molecule has 0 saturated heterocycles. The summed E-state index contributed by atoms with van der Waals surface area (Å²) >= 11 is 0. The number of aliphatic hydroxyl groups is 2. The average Bonchev–Trinajstić information content (AvgIpc) is 2.76. The zero-order valence-corrected chi connectivity index (χ0v) is 21.7. The largest absolute Gasteiger partial charge is 0.785 e. The van der Waals surface area contributed by atoms with Crippen LogP contribution >= 0.6 is 0 Å². The van der Waals surface area contributed by atoms with Gasteiger partial charge in [0.1, 0.15) is 0 Å². The first kappa shape index (κ1) is 31.8. The van der Waals surface area contributed by atoms with E-state index in [1.54, 1.807) is 0 Å². The van der Waals surface area contributed by atoms with Gasteiger partial charge in [0.2, 0.25) is 0 Å². The van der Waals surface area contributed by atoms with Gasteiger partial charge in [-0.2, -0.15) is 0 Å². The molecule has 0 aromatic heterocycles. The van der Waals surface area contributed by atoms with Crippen molar-refractivity contribution in [1.29, 1.82) is 0 Å². The topological polar surface area (TPSA) is 66.8 Å². The van der Waals surface area contributed by atoms with E-state index in [1.807, 2.05) is 0 Å². The molecule has 0 aromatic rings. The Bertz CT molecular complexity index is 339. The monoisotopic (exact) mass is 456 g/mol. The lowest BCUT2D eigenvalue weighted by molar-refractivity contribution is -0.0542. The minimum absolute atomic E-state index is 0.195. The third-order valence-corrected chi connectivity index (χ3v) is 6.63. The van der Waals surface area contributed by atoms with Gasteiger partial charge in [-0.1, -0.05) is 155 Å². The maximum atomic E-state index is 11.3. The highest BCUT2D eigenvalue weighted by atomic mass is 16.5. The smallest absolute Gasteiger partial charge is 0.163 e. The van der Waals surface area contributed by atoms with E-state index >= 15 is 0 Å². The van der Waals surface area contributed by atoms with Crippen molar-refractivity contribution in [2.45, 2.75) is 167 Å². The first-order valence-electron chi connectivity index (χ1n) is 14.4. The Kier molecular flexibility index (Phi) is 27.0. The Morgan fingerprint density at radius 3 is 0.969 bits per heavy atom. The Hall–Kier alpha value is -0.160. The zero-order chi connectivity index (χ0) is 23.5. The van der Waals surface area contributed by atoms with Crippen molar-refractivity contribution >= 4 is 0 Å². The number of hydroxylamine groups is 2. The Balaban J connectivity index is 3.05. The van der Waals surface area contributed by atoms with Crippen LogP contribution in [0.4, 0.5) is 0 Å². The SMILES string of the molecule is CCCCCCCCCCCCCCCCCCCCCCCCCCN([O-])CC(O)O. The van der Waals surface area contributed by atoms with Gasteiger partial charge in [-0.15, -0.1) is 0 Å². The molecule has 0 atom stereocenters. The summed E-state index contributed by atoms with van der Waals surface area (Å²) in [6.45, 7) is 2.51. The molecule has 0 amide bonds. The highest BCUT2D eigenvalue weighted by Gasteiger charge is 1.99. The summed E-state index contributed by atoms with van der Waals surface area (Å²) in [5, 5.41) is 29.5. The molecule has 0 aliphatic rings. The number of hydrogen-bond donors (Lipinski definition) is 2. The molecule has 0 unspecified atom stereocenters. The van der Waals surface area contributed by atoms with Crippen molar-refractivity contribution < 1.29 is 10.2 Å². The quantitative estimate of drug-likeness (QED) is 0.0738. The van der Waals surface area contributed by atoms with Gasteiger partial charge in [-0.25, -0.2) is 0 Å². The minimum Gasteiger partial charge on any atom is -0.785 e. The summed E-state index contributed by atoms with van der Waals surface area (Å²) < 4.78 is 0. The molecule has 194 valence electrons. The molecule has 32 heavy (non-hydrogen) atoms. The van der Waals surface area contributed by atoms with Gasteiger partial charge in [-0.3, -0.25) is 0 Å². The maximum Gasteiger partial charge on any atom is 0.163 e. The summed E-state index contributed by atoms with van der Waals surface area (Å²) in [5.41, 5.74) is 0. The van der Waals surface area contributed by atoms with E-state index in [-0.39, 0.29) is 6.54 Å². The Morgan fingerprint density at radius 1 is 0.469 bits per heavy atom. The minimum atomic E-state index is -1.51. The van der Waals surface area contributed by atoms with Gasteiger partial charge >= 0.3 is 0 Å². The fourth-order valence-electron chi connectivity index (χ4n) is 4.52. The molecule has 0 radical (unpaired) electrons. The van der Waals surface area contributed by atoms with Crippen LogP contribution in [0.1, 0.15) is 161 Å². The van der Waals surface area contributed by atoms with Crippen LogP contribution in [0.15, 0.2) is 0 Å². The molecule has 0 aromatic carbocycles. The molecule has 0 aliphatic heterocycles. The number of aliphatic hydroxyl groups excluding tert-OH is 1. The van der Waals surface area contributed by atoms with Crippen LogP contribution in [-0.4, -0.2) is 34.7 Å². The summed E-state index contributed by atoms with van der Waals surface area (Å²) in [6.07, 6.45) is 31.3. The molecule has 0 saturated carbocycles. The van der Waals surface area contributed by atoms with Gasteiger partial charge < -0.3 is 20.5 Å². The lowest BCUT2D eigenvalue weighted by atomic mass is 10.0. The van der Waals surface area contributed by atoms with Crippen molar-refractivity contribution in [2.24, 2.45) is 0 Å². The van der Waals surface area contributed by atoms with Gasteiger partial charge in [0, 0.05) is 6.54 Å². The zero-order valence-electron chi connectivity index (χ0n) is 21.7. The highest BCUT2D eigenvalue weighted by molar-refractivity contribution is 4.58. The number of hydrogen-bond acceptors (Lipinski definition) is 4.